The molecule has 1 heterocycles. The third-order valence-electron chi connectivity index (χ3n) is 3.02. The predicted octanol–water partition coefficient (Wildman–Crippen LogP) is 0.721. The standard InChI is InChI=1S/C13H16O7S/c1-18-8-12(13(14)15)21(16,17)9-3-4-10-11(7-9)20-6-2-5-19-10/h3-4,7,12H,2,5-6,8H2,1H3,(H,14,15). The summed E-state index contributed by atoms with van der Waals surface area (Å²) in [5.74, 6) is -0.704. The van der Waals surface area contributed by atoms with Gasteiger partial charge in [0.15, 0.2) is 26.6 Å². The van der Waals surface area contributed by atoms with Crippen LogP contribution < -0.4 is 9.47 Å². The van der Waals surface area contributed by atoms with Crippen molar-refractivity contribution in [1.82, 2.24) is 0 Å². The van der Waals surface area contributed by atoms with Crippen LogP contribution in [0.3, 0.4) is 0 Å². The summed E-state index contributed by atoms with van der Waals surface area (Å²) < 4.78 is 40.3. The lowest BCUT2D eigenvalue weighted by Gasteiger charge is -2.14. The zero-order valence-electron chi connectivity index (χ0n) is 11.4. The fourth-order valence-electron chi connectivity index (χ4n) is 1.93. The number of hydrogen-bond acceptors (Lipinski definition) is 6. The van der Waals surface area contributed by atoms with Crippen molar-refractivity contribution in [1.29, 1.82) is 0 Å². The normalized spacial score (nSPS) is 16.0. The molecule has 1 aliphatic heterocycles. The molecule has 1 N–H and O–H groups in total. The Morgan fingerprint density at radius 1 is 1.33 bits per heavy atom. The molecule has 0 saturated heterocycles. The van der Waals surface area contributed by atoms with Crippen LogP contribution in [0, 0.1) is 0 Å². The van der Waals surface area contributed by atoms with Crippen LogP contribution in [-0.4, -0.2) is 51.7 Å². The molecule has 1 aliphatic rings. The van der Waals surface area contributed by atoms with Gasteiger partial charge in [-0.2, -0.15) is 0 Å². The maximum absolute atomic E-state index is 12.4. The van der Waals surface area contributed by atoms with Gasteiger partial charge in [-0.25, -0.2) is 8.42 Å². The Bertz CT molecular complexity index is 623. The first-order valence-electron chi connectivity index (χ1n) is 6.32. The summed E-state index contributed by atoms with van der Waals surface area (Å²) in [5.41, 5.74) is 0. The molecule has 0 radical (unpaired) electrons. The highest BCUT2D eigenvalue weighted by atomic mass is 32.2. The molecule has 0 saturated carbocycles. The zero-order valence-corrected chi connectivity index (χ0v) is 12.3. The van der Waals surface area contributed by atoms with Crippen molar-refractivity contribution in [3.05, 3.63) is 18.2 Å². The van der Waals surface area contributed by atoms with Crippen molar-refractivity contribution in [3.63, 3.8) is 0 Å². The second kappa shape index (κ2) is 6.31. The van der Waals surface area contributed by atoms with Crippen LogP contribution in [0.15, 0.2) is 23.1 Å². The minimum Gasteiger partial charge on any atom is -0.490 e. The van der Waals surface area contributed by atoms with E-state index in [4.69, 9.17) is 14.6 Å². The summed E-state index contributed by atoms with van der Waals surface area (Å²) in [7, 11) is -2.82. The van der Waals surface area contributed by atoms with E-state index in [1.54, 1.807) is 0 Å². The van der Waals surface area contributed by atoms with Crippen molar-refractivity contribution < 1.29 is 32.5 Å². The Balaban J connectivity index is 2.40. The van der Waals surface area contributed by atoms with Crippen molar-refractivity contribution >= 4 is 15.8 Å². The number of carboxylic acid groups (broad SMARTS) is 1. The van der Waals surface area contributed by atoms with E-state index in [1.807, 2.05) is 0 Å². The van der Waals surface area contributed by atoms with Crippen LogP contribution in [0.5, 0.6) is 11.5 Å². The molecule has 8 heteroatoms. The van der Waals surface area contributed by atoms with Gasteiger partial charge in [0, 0.05) is 19.6 Å². The maximum Gasteiger partial charge on any atom is 0.324 e. The molecular weight excluding hydrogens is 300 g/mol. The lowest BCUT2D eigenvalue weighted by molar-refractivity contribution is -0.137. The van der Waals surface area contributed by atoms with E-state index >= 15 is 0 Å². The van der Waals surface area contributed by atoms with Gasteiger partial charge in [0.2, 0.25) is 0 Å². The van der Waals surface area contributed by atoms with Crippen molar-refractivity contribution in [2.45, 2.75) is 16.6 Å². The minimum absolute atomic E-state index is 0.129. The van der Waals surface area contributed by atoms with Gasteiger partial charge in [-0.05, 0) is 12.1 Å². The van der Waals surface area contributed by atoms with Gasteiger partial charge in [0.25, 0.3) is 0 Å². The number of sulfone groups is 1. The summed E-state index contributed by atoms with van der Waals surface area (Å²) in [6.07, 6.45) is 0.693. The number of benzene rings is 1. The number of methoxy groups -OCH3 is 1. The molecule has 1 aromatic rings. The van der Waals surface area contributed by atoms with E-state index < -0.39 is 27.7 Å². The average Bonchev–Trinajstić information content (AvgIpc) is 2.68. The number of carbonyl (C=O) groups is 1. The summed E-state index contributed by atoms with van der Waals surface area (Å²) in [6.45, 7) is 0.476. The number of ether oxygens (including phenoxy) is 3. The summed E-state index contributed by atoms with van der Waals surface area (Å²) in [5, 5.41) is 7.41. The molecule has 1 atom stereocenters. The Hall–Kier alpha value is -1.80. The van der Waals surface area contributed by atoms with Crippen LogP contribution in [0.1, 0.15) is 6.42 Å². The summed E-state index contributed by atoms with van der Waals surface area (Å²) in [6, 6.07) is 4.08. The summed E-state index contributed by atoms with van der Waals surface area (Å²) in [4.78, 5) is 11.0. The molecule has 116 valence electrons. The molecule has 7 nitrogen and oxygen atoms in total. The molecule has 0 fully saturated rings. The number of rotatable bonds is 5. The van der Waals surface area contributed by atoms with Crippen LogP contribution in [-0.2, 0) is 19.4 Å². The Morgan fingerprint density at radius 2 is 2.00 bits per heavy atom. The first kappa shape index (κ1) is 15.6. The molecule has 1 unspecified atom stereocenters. The third-order valence-corrected chi connectivity index (χ3v) is 5.01. The van der Waals surface area contributed by atoms with Crippen LogP contribution in [0.4, 0.5) is 0 Å². The third kappa shape index (κ3) is 3.27. The molecular formula is C13H16O7S. The largest absolute Gasteiger partial charge is 0.490 e. The highest BCUT2D eigenvalue weighted by Crippen LogP contribution is 2.33. The fourth-order valence-corrected chi connectivity index (χ4v) is 3.37. The van der Waals surface area contributed by atoms with Gasteiger partial charge in [0.1, 0.15) is 0 Å². The second-order valence-electron chi connectivity index (χ2n) is 4.49. The predicted molar refractivity (Wildman–Crippen MR) is 72.5 cm³/mol. The van der Waals surface area contributed by atoms with Crippen molar-refractivity contribution in [2.75, 3.05) is 26.9 Å². The molecule has 0 amide bonds. The van der Waals surface area contributed by atoms with Crippen molar-refractivity contribution in [3.8, 4) is 11.5 Å². The first-order chi connectivity index (χ1) is 9.96. The first-order valence-corrected chi connectivity index (χ1v) is 7.86. The van der Waals surface area contributed by atoms with E-state index in [0.717, 1.165) is 0 Å². The Morgan fingerprint density at radius 3 is 2.62 bits per heavy atom. The maximum atomic E-state index is 12.4. The number of fused-ring (bicyclic) bond motifs is 1. The van der Waals surface area contributed by atoms with Gasteiger partial charge >= 0.3 is 5.97 Å². The van der Waals surface area contributed by atoms with Gasteiger partial charge in [0.05, 0.1) is 24.7 Å². The molecule has 2 rings (SSSR count). The zero-order chi connectivity index (χ0) is 15.5. The molecule has 0 spiro atoms. The molecule has 0 bridgehead atoms. The summed E-state index contributed by atoms with van der Waals surface area (Å²) >= 11 is 0. The SMILES string of the molecule is COCC(C(=O)O)S(=O)(=O)c1ccc2c(c1)OCCCO2. The highest BCUT2D eigenvalue weighted by Gasteiger charge is 2.34. The average molecular weight is 316 g/mol. The van der Waals surface area contributed by atoms with E-state index in [2.05, 4.69) is 4.74 Å². The van der Waals surface area contributed by atoms with Gasteiger partial charge < -0.3 is 19.3 Å². The monoisotopic (exact) mass is 316 g/mol. The van der Waals surface area contributed by atoms with E-state index in [-0.39, 0.29) is 4.90 Å². The van der Waals surface area contributed by atoms with Gasteiger partial charge in [-0.1, -0.05) is 0 Å². The lowest BCUT2D eigenvalue weighted by Crippen LogP contribution is -2.34. The Kier molecular flexibility index (Phi) is 4.69. The van der Waals surface area contributed by atoms with Crippen molar-refractivity contribution in [2.24, 2.45) is 0 Å². The lowest BCUT2D eigenvalue weighted by atomic mass is 10.3. The van der Waals surface area contributed by atoms with Gasteiger partial charge in [-0.15, -0.1) is 0 Å². The molecule has 0 aromatic heterocycles. The van der Waals surface area contributed by atoms with Crippen LogP contribution in [0.2, 0.25) is 0 Å². The number of aliphatic carboxylic acids is 1. The molecule has 1 aromatic carbocycles. The van der Waals surface area contributed by atoms with E-state index in [0.29, 0.717) is 31.1 Å². The fraction of sp³-hybridized carbons (Fsp3) is 0.462. The second-order valence-corrected chi connectivity index (χ2v) is 6.62. The topological polar surface area (TPSA) is 99.1 Å². The van der Waals surface area contributed by atoms with Crippen LogP contribution in [0.25, 0.3) is 0 Å². The Labute approximate surface area is 122 Å². The quantitative estimate of drug-likeness (QED) is 0.854. The smallest absolute Gasteiger partial charge is 0.324 e. The molecule has 0 aliphatic carbocycles. The minimum atomic E-state index is -4.07. The molecule has 21 heavy (non-hydrogen) atoms. The van der Waals surface area contributed by atoms with Crippen LogP contribution >= 0.6 is 0 Å². The van der Waals surface area contributed by atoms with Gasteiger partial charge in [-0.3, -0.25) is 4.79 Å². The van der Waals surface area contributed by atoms with E-state index in [1.165, 1.54) is 25.3 Å². The highest BCUT2D eigenvalue weighted by molar-refractivity contribution is 7.92. The number of hydrogen-bond donors (Lipinski definition) is 1. The number of carboxylic acids is 1. The van der Waals surface area contributed by atoms with E-state index in [9.17, 15) is 13.2 Å².